The van der Waals surface area contributed by atoms with Crippen LogP contribution in [-0.2, 0) is 10.1 Å². The molecule has 0 atom stereocenters. The van der Waals surface area contributed by atoms with Crippen molar-refractivity contribution in [3.05, 3.63) is 30.3 Å². The van der Waals surface area contributed by atoms with E-state index in [1.54, 1.807) is 30.3 Å². The van der Waals surface area contributed by atoms with Gasteiger partial charge in [0.1, 0.15) is 5.54 Å². The number of hydrogen-bond acceptors (Lipinski definition) is 6. The first-order valence-corrected chi connectivity index (χ1v) is 7.60. The Labute approximate surface area is 117 Å². The zero-order valence-electron chi connectivity index (χ0n) is 10.9. The highest BCUT2D eigenvalue weighted by Gasteiger charge is 2.36. The van der Waals surface area contributed by atoms with E-state index in [2.05, 4.69) is 0 Å². The minimum Gasteiger partial charge on any atom is -0.394 e. The molecule has 0 aliphatic rings. The normalized spacial score (nSPS) is 12.4. The summed E-state index contributed by atoms with van der Waals surface area (Å²) in [4.78, 5) is 1.38. The molecule has 8 heteroatoms. The van der Waals surface area contributed by atoms with Crippen LogP contribution in [0.15, 0.2) is 30.3 Å². The molecule has 0 aliphatic carbocycles. The van der Waals surface area contributed by atoms with Crippen molar-refractivity contribution in [1.82, 2.24) is 0 Å². The molecule has 0 saturated heterocycles. The van der Waals surface area contributed by atoms with Crippen molar-refractivity contribution < 1.29 is 28.3 Å². The molecular weight excluding hydrogens is 286 g/mol. The molecule has 4 N–H and O–H groups in total. The van der Waals surface area contributed by atoms with E-state index >= 15 is 0 Å². The molecule has 114 valence electrons. The van der Waals surface area contributed by atoms with Crippen LogP contribution >= 0.6 is 0 Å². The highest BCUT2D eigenvalue weighted by Crippen LogP contribution is 2.23. The van der Waals surface area contributed by atoms with Gasteiger partial charge in [0.2, 0.25) is 0 Å². The predicted octanol–water partition coefficient (Wildman–Crippen LogP) is -0.903. The first-order valence-electron chi connectivity index (χ1n) is 5.99. The molecule has 1 aromatic rings. The number of rotatable bonds is 8. The van der Waals surface area contributed by atoms with Gasteiger partial charge in [-0.3, -0.25) is 4.55 Å². The molecule has 0 aliphatic heterocycles. The summed E-state index contributed by atoms with van der Waals surface area (Å²) in [5.74, 6) is -0.580. The quantitative estimate of drug-likeness (QED) is 0.459. The SMILES string of the molecule is O=S(=O)(O)CCN(c1ccccc1)C(CO)(CO)CO. The molecule has 0 saturated carbocycles. The summed E-state index contributed by atoms with van der Waals surface area (Å²) in [6, 6.07) is 8.46. The van der Waals surface area contributed by atoms with Crippen LogP contribution in [-0.4, -0.2) is 65.9 Å². The van der Waals surface area contributed by atoms with Gasteiger partial charge in [0.15, 0.2) is 0 Å². The Hall–Kier alpha value is -1.19. The number of hydrogen-bond donors (Lipinski definition) is 4. The summed E-state index contributed by atoms with van der Waals surface area (Å²) in [7, 11) is -4.20. The van der Waals surface area contributed by atoms with Gasteiger partial charge in [-0.1, -0.05) is 18.2 Å². The highest BCUT2D eigenvalue weighted by atomic mass is 32.2. The van der Waals surface area contributed by atoms with E-state index in [-0.39, 0.29) is 6.54 Å². The van der Waals surface area contributed by atoms with E-state index in [4.69, 9.17) is 4.55 Å². The highest BCUT2D eigenvalue weighted by molar-refractivity contribution is 7.85. The second-order valence-corrected chi connectivity index (χ2v) is 6.04. The summed E-state index contributed by atoms with van der Waals surface area (Å²) < 4.78 is 30.7. The van der Waals surface area contributed by atoms with Gasteiger partial charge < -0.3 is 20.2 Å². The smallest absolute Gasteiger partial charge is 0.266 e. The van der Waals surface area contributed by atoms with Crippen molar-refractivity contribution in [2.45, 2.75) is 5.54 Å². The van der Waals surface area contributed by atoms with Crippen LogP contribution in [0.3, 0.4) is 0 Å². The van der Waals surface area contributed by atoms with Gasteiger partial charge in [-0.15, -0.1) is 0 Å². The third-order valence-electron chi connectivity index (χ3n) is 3.10. The van der Waals surface area contributed by atoms with Gasteiger partial charge in [-0.25, -0.2) is 0 Å². The number of aliphatic hydroxyl groups is 3. The van der Waals surface area contributed by atoms with E-state index in [0.29, 0.717) is 5.69 Å². The van der Waals surface area contributed by atoms with Gasteiger partial charge in [0, 0.05) is 12.2 Å². The molecule has 0 heterocycles. The maximum atomic E-state index is 10.9. The Balaban J connectivity index is 3.13. The number of aliphatic hydroxyl groups excluding tert-OH is 3. The molecule has 0 spiro atoms. The van der Waals surface area contributed by atoms with Crippen LogP contribution in [0, 0.1) is 0 Å². The van der Waals surface area contributed by atoms with Crippen LogP contribution in [0.1, 0.15) is 0 Å². The number of nitrogens with zero attached hydrogens (tertiary/aromatic N) is 1. The Morgan fingerprint density at radius 1 is 1.00 bits per heavy atom. The Bertz CT molecular complexity index is 492. The number of benzene rings is 1. The fourth-order valence-electron chi connectivity index (χ4n) is 1.86. The average Bonchev–Trinajstić information content (AvgIpc) is 2.44. The largest absolute Gasteiger partial charge is 0.394 e. The van der Waals surface area contributed by atoms with Crippen LogP contribution in [0.4, 0.5) is 5.69 Å². The average molecular weight is 305 g/mol. The molecule has 0 bridgehead atoms. The van der Waals surface area contributed by atoms with Gasteiger partial charge in [-0.05, 0) is 12.1 Å². The third kappa shape index (κ3) is 4.15. The lowest BCUT2D eigenvalue weighted by atomic mass is 9.99. The molecule has 0 aromatic heterocycles. The minimum atomic E-state index is -4.20. The molecule has 1 rings (SSSR count). The molecule has 20 heavy (non-hydrogen) atoms. The second kappa shape index (κ2) is 7.00. The van der Waals surface area contributed by atoms with E-state index in [0.717, 1.165) is 0 Å². The van der Waals surface area contributed by atoms with Crippen molar-refractivity contribution in [3.63, 3.8) is 0 Å². The van der Waals surface area contributed by atoms with Crippen molar-refractivity contribution >= 4 is 15.8 Å². The molecule has 1 aromatic carbocycles. The maximum Gasteiger partial charge on any atom is 0.266 e. The monoisotopic (exact) mass is 305 g/mol. The lowest BCUT2D eigenvalue weighted by Crippen LogP contribution is -2.58. The molecule has 0 fully saturated rings. The van der Waals surface area contributed by atoms with E-state index in [9.17, 15) is 23.7 Å². The van der Waals surface area contributed by atoms with Crippen LogP contribution in [0.5, 0.6) is 0 Å². The third-order valence-corrected chi connectivity index (χ3v) is 3.79. The first kappa shape index (κ1) is 16.9. The van der Waals surface area contributed by atoms with Gasteiger partial charge in [0.25, 0.3) is 10.1 Å². The molecule has 0 unspecified atom stereocenters. The standard InChI is InChI=1S/C12H19NO6S/c14-8-12(9-15,10-16)13(6-7-20(17,18)19)11-4-2-1-3-5-11/h1-5,14-16H,6-10H2,(H,17,18,19). The van der Waals surface area contributed by atoms with Gasteiger partial charge >= 0.3 is 0 Å². The summed E-state index contributed by atoms with van der Waals surface area (Å²) in [5.41, 5.74) is -0.889. The molecule has 0 radical (unpaired) electrons. The Kier molecular flexibility index (Phi) is 5.90. The van der Waals surface area contributed by atoms with Gasteiger partial charge in [-0.2, -0.15) is 8.42 Å². The zero-order valence-corrected chi connectivity index (χ0v) is 11.7. The van der Waals surface area contributed by atoms with Crippen molar-refractivity contribution in [2.75, 3.05) is 37.0 Å². The predicted molar refractivity (Wildman–Crippen MR) is 74.2 cm³/mol. The van der Waals surface area contributed by atoms with Crippen molar-refractivity contribution in [2.24, 2.45) is 0 Å². The lowest BCUT2D eigenvalue weighted by Gasteiger charge is -2.41. The second-order valence-electron chi connectivity index (χ2n) is 4.47. The summed E-state index contributed by atoms with van der Waals surface area (Å²) in [6.45, 7) is -1.88. The van der Waals surface area contributed by atoms with Crippen LogP contribution in [0.2, 0.25) is 0 Å². The van der Waals surface area contributed by atoms with Crippen molar-refractivity contribution in [1.29, 1.82) is 0 Å². The van der Waals surface area contributed by atoms with E-state index in [1.165, 1.54) is 4.90 Å². The van der Waals surface area contributed by atoms with E-state index in [1.807, 2.05) is 0 Å². The fourth-order valence-corrected chi connectivity index (χ4v) is 2.27. The number of para-hydroxylation sites is 1. The molecule has 7 nitrogen and oxygen atoms in total. The molecule has 0 amide bonds. The van der Waals surface area contributed by atoms with Crippen molar-refractivity contribution in [3.8, 4) is 0 Å². The summed E-state index contributed by atoms with van der Waals surface area (Å²) in [6.07, 6.45) is 0. The lowest BCUT2D eigenvalue weighted by molar-refractivity contribution is 0.0635. The molecular formula is C12H19NO6S. The topological polar surface area (TPSA) is 118 Å². The summed E-state index contributed by atoms with van der Waals surface area (Å²) in [5, 5.41) is 28.4. The van der Waals surface area contributed by atoms with Crippen LogP contribution in [0.25, 0.3) is 0 Å². The zero-order chi connectivity index (χ0) is 15.2. The van der Waals surface area contributed by atoms with Gasteiger partial charge in [0.05, 0.1) is 25.6 Å². The fraction of sp³-hybridized carbons (Fsp3) is 0.500. The Morgan fingerprint density at radius 2 is 1.50 bits per heavy atom. The Morgan fingerprint density at radius 3 is 1.90 bits per heavy atom. The van der Waals surface area contributed by atoms with E-state index < -0.39 is 41.2 Å². The maximum absolute atomic E-state index is 10.9. The minimum absolute atomic E-state index is 0.176. The number of anilines is 1. The summed E-state index contributed by atoms with van der Waals surface area (Å²) >= 11 is 0. The van der Waals surface area contributed by atoms with Crippen LogP contribution < -0.4 is 4.90 Å². The first-order chi connectivity index (χ1) is 9.38.